The molecule has 0 unspecified atom stereocenters. The molecule has 1 atom stereocenters. The predicted molar refractivity (Wildman–Crippen MR) is 103 cm³/mol. The molecule has 3 aliphatic heterocycles. The molecular formula is C20H28N2O3S. The van der Waals surface area contributed by atoms with Gasteiger partial charge in [-0.15, -0.1) is 11.8 Å². The molecule has 0 saturated carbocycles. The average Bonchev–Trinajstić information content (AvgIpc) is 3.03. The minimum absolute atomic E-state index is 0.136. The first-order valence-corrected chi connectivity index (χ1v) is 10.6. The Hall–Kier alpha value is -1.11. The van der Waals surface area contributed by atoms with Gasteiger partial charge in [0, 0.05) is 55.6 Å². The lowest BCUT2D eigenvalue weighted by atomic mass is 9.92. The first kappa shape index (κ1) is 18.3. The van der Waals surface area contributed by atoms with Crippen molar-refractivity contribution in [3.63, 3.8) is 0 Å². The Morgan fingerprint density at radius 2 is 2.00 bits per heavy atom. The number of hydrogen-bond acceptors (Lipinski definition) is 5. The minimum Gasteiger partial charge on any atom is -0.381 e. The van der Waals surface area contributed by atoms with Gasteiger partial charge >= 0.3 is 0 Å². The van der Waals surface area contributed by atoms with Crippen molar-refractivity contribution < 1.29 is 14.3 Å². The SMILES string of the molecule is Cc1cc(C(=O)N2CC3(C[C@@H](OCC4CCOCC4)CS3)C2)cc(C)n1. The fraction of sp³-hybridized carbons (Fsp3) is 0.700. The molecule has 5 nitrogen and oxygen atoms in total. The van der Waals surface area contributed by atoms with Gasteiger partial charge in [-0.05, 0) is 51.2 Å². The van der Waals surface area contributed by atoms with Crippen LogP contribution in [-0.4, -0.2) is 65.3 Å². The lowest BCUT2D eigenvalue weighted by molar-refractivity contribution is -0.0118. The molecule has 4 rings (SSSR count). The number of ether oxygens (including phenoxy) is 2. The van der Waals surface area contributed by atoms with Crippen molar-refractivity contribution in [2.24, 2.45) is 5.92 Å². The van der Waals surface area contributed by atoms with E-state index >= 15 is 0 Å². The van der Waals surface area contributed by atoms with Gasteiger partial charge in [0.25, 0.3) is 5.91 Å². The molecule has 3 aliphatic rings. The first-order chi connectivity index (χ1) is 12.5. The zero-order chi connectivity index (χ0) is 18.1. The van der Waals surface area contributed by atoms with Crippen LogP contribution >= 0.6 is 11.8 Å². The van der Waals surface area contributed by atoms with E-state index in [0.29, 0.717) is 12.0 Å². The van der Waals surface area contributed by atoms with E-state index in [1.54, 1.807) is 0 Å². The van der Waals surface area contributed by atoms with E-state index in [1.165, 1.54) is 0 Å². The molecule has 1 aromatic rings. The molecular weight excluding hydrogens is 348 g/mol. The van der Waals surface area contributed by atoms with Gasteiger partial charge in [0.1, 0.15) is 0 Å². The third-order valence-corrected chi connectivity index (χ3v) is 7.23. The van der Waals surface area contributed by atoms with Crippen LogP contribution in [0.15, 0.2) is 12.1 Å². The second-order valence-electron chi connectivity index (χ2n) is 8.01. The van der Waals surface area contributed by atoms with E-state index in [4.69, 9.17) is 9.47 Å². The Morgan fingerprint density at radius 3 is 2.69 bits per heavy atom. The number of rotatable bonds is 4. The Labute approximate surface area is 159 Å². The van der Waals surface area contributed by atoms with E-state index in [1.807, 2.05) is 42.6 Å². The van der Waals surface area contributed by atoms with E-state index in [9.17, 15) is 4.79 Å². The van der Waals surface area contributed by atoms with Gasteiger partial charge in [-0.2, -0.15) is 0 Å². The van der Waals surface area contributed by atoms with Crippen molar-refractivity contribution in [3.8, 4) is 0 Å². The number of hydrogen-bond donors (Lipinski definition) is 0. The Morgan fingerprint density at radius 1 is 1.31 bits per heavy atom. The number of pyridine rings is 1. The molecule has 3 fully saturated rings. The summed E-state index contributed by atoms with van der Waals surface area (Å²) in [4.78, 5) is 19.1. The van der Waals surface area contributed by atoms with Gasteiger partial charge in [0.05, 0.1) is 10.9 Å². The molecule has 4 heterocycles. The fourth-order valence-corrected chi connectivity index (χ4v) is 5.80. The van der Waals surface area contributed by atoms with Crippen molar-refractivity contribution in [2.75, 3.05) is 38.7 Å². The number of nitrogens with zero attached hydrogens (tertiary/aromatic N) is 2. The van der Waals surface area contributed by atoms with Gasteiger partial charge in [0.15, 0.2) is 0 Å². The summed E-state index contributed by atoms with van der Waals surface area (Å²) in [5.41, 5.74) is 2.57. The number of aryl methyl sites for hydroxylation is 2. The molecule has 1 amide bonds. The van der Waals surface area contributed by atoms with Crippen molar-refractivity contribution in [3.05, 3.63) is 29.1 Å². The van der Waals surface area contributed by atoms with Gasteiger partial charge in [-0.3, -0.25) is 9.78 Å². The lowest BCUT2D eigenvalue weighted by Gasteiger charge is -2.47. The van der Waals surface area contributed by atoms with Crippen molar-refractivity contribution in [2.45, 2.75) is 44.0 Å². The van der Waals surface area contributed by atoms with Crippen LogP contribution in [0.1, 0.15) is 41.0 Å². The number of carbonyl (C=O) groups excluding carboxylic acids is 1. The summed E-state index contributed by atoms with van der Waals surface area (Å²) in [5, 5.41) is 0. The molecule has 0 aromatic carbocycles. The molecule has 0 aliphatic carbocycles. The molecule has 142 valence electrons. The van der Waals surface area contributed by atoms with Crippen LogP contribution in [0.5, 0.6) is 0 Å². The van der Waals surface area contributed by atoms with E-state index < -0.39 is 0 Å². The van der Waals surface area contributed by atoms with Crippen molar-refractivity contribution in [1.29, 1.82) is 0 Å². The van der Waals surface area contributed by atoms with E-state index in [2.05, 4.69) is 4.98 Å². The van der Waals surface area contributed by atoms with Crippen molar-refractivity contribution >= 4 is 17.7 Å². The largest absolute Gasteiger partial charge is 0.381 e. The quantitative estimate of drug-likeness (QED) is 0.809. The van der Waals surface area contributed by atoms with Gasteiger partial charge in [0.2, 0.25) is 0 Å². The van der Waals surface area contributed by atoms with Gasteiger partial charge in [-0.25, -0.2) is 0 Å². The maximum Gasteiger partial charge on any atom is 0.254 e. The second kappa shape index (κ2) is 7.49. The smallest absolute Gasteiger partial charge is 0.254 e. The molecule has 6 heteroatoms. The topological polar surface area (TPSA) is 51.7 Å². The third kappa shape index (κ3) is 3.92. The zero-order valence-electron chi connectivity index (χ0n) is 15.7. The molecule has 26 heavy (non-hydrogen) atoms. The van der Waals surface area contributed by atoms with Crippen LogP contribution in [0.3, 0.4) is 0 Å². The minimum atomic E-state index is 0.136. The number of aromatic nitrogens is 1. The highest BCUT2D eigenvalue weighted by atomic mass is 32.2. The summed E-state index contributed by atoms with van der Waals surface area (Å²) in [6.45, 7) is 8.18. The Bertz CT molecular complexity index is 649. The predicted octanol–water partition coefficient (Wildman–Crippen LogP) is 2.84. The maximum absolute atomic E-state index is 12.7. The lowest BCUT2D eigenvalue weighted by Crippen LogP contribution is -2.60. The summed E-state index contributed by atoms with van der Waals surface area (Å²) in [6, 6.07) is 3.78. The van der Waals surface area contributed by atoms with Crippen LogP contribution in [0.2, 0.25) is 0 Å². The summed E-state index contributed by atoms with van der Waals surface area (Å²) in [6.07, 6.45) is 3.65. The highest BCUT2D eigenvalue weighted by molar-refractivity contribution is 8.01. The molecule has 3 saturated heterocycles. The average molecular weight is 377 g/mol. The van der Waals surface area contributed by atoms with Crippen LogP contribution < -0.4 is 0 Å². The summed E-state index contributed by atoms with van der Waals surface area (Å²) in [7, 11) is 0. The number of thioether (sulfide) groups is 1. The summed E-state index contributed by atoms with van der Waals surface area (Å²) >= 11 is 1.99. The van der Waals surface area contributed by atoms with Crippen molar-refractivity contribution in [1.82, 2.24) is 9.88 Å². The number of carbonyl (C=O) groups is 1. The molecule has 1 spiro atoms. The van der Waals surface area contributed by atoms with E-state index in [0.717, 1.165) is 74.9 Å². The maximum atomic E-state index is 12.7. The molecule has 0 N–H and O–H groups in total. The van der Waals surface area contributed by atoms with Crippen LogP contribution in [0.25, 0.3) is 0 Å². The first-order valence-electron chi connectivity index (χ1n) is 9.61. The molecule has 0 bridgehead atoms. The third-order valence-electron chi connectivity index (χ3n) is 5.66. The summed E-state index contributed by atoms with van der Waals surface area (Å²) < 4.78 is 11.8. The van der Waals surface area contributed by atoms with Crippen LogP contribution in [0, 0.1) is 19.8 Å². The van der Waals surface area contributed by atoms with Gasteiger partial charge in [-0.1, -0.05) is 0 Å². The Kier molecular flexibility index (Phi) is 5.26. The highest BCUT2D eigenvalue weighted by Crippen LogP contribution is 2.46. The van der Waals surface area contributed by atoms with Crippen LogP contribution in [0.4, 0.5) is 0 Å². The Balaban J connectivity index is 1.26. The monoisotopic (exact) mass is 376 g/mol. The number of amides is 1. The van der Waals surface area contributed by atoms with Crippen LogP contribution in [-0.2, 0) is 9.47 Å². The number of likely N-dealkylation sites (tertiary alicyclic amines) is 1. The highest BCUT2D eigenvalue weighted by Gasteiger charge is 2.51. The molecule has 0 radical (unpaired) electrons. The zero-order valence-corrected chi connectivity index (χ0v) is 16.5. The standard InChI is InChI=1S/C20H28N2O3S/c1-14-7-17(8-15(2)21-14)19(23)22-12-20(13-22)9-18(11-26-20)25-10-16-3-5-24-6-4-16/h7-8,16,18H,3-6,9-13H2,1-2H3/t18-/m1/s1. The van der Waals surface area contributed by atoms with Gasteiger partial charge < -0.3 is 14.4 Å². The normalized spacial score (nSPS) is 25.5. The second-order valence-corrected chi connectivity index (χ2v) is 9.50. The van der Waals surface area contributed by atoms with E-state index in [-0.39, 0.29) is 10.7 Å². The summed E-state index contributed by atoms with van der Waals surface area (Å²) in [5.74, 6) is 1.85. The molecule has 1 aromatic heterocycles. The fourth-order valence-electron chi connectivity index (χ4n) is 4.25.